The molecule has 1 fully saturated rings. The molecule has 0 aromatic heterocycles. The molecule has 14 heteroatoms. The average Bonchev–Trinajstić information content (AvgIpc) is 3.70. The van der Waals surface area contributed by atoms with E-state index in [1.165, 1.54) is 76.0 Å². The van der Waals surface area contributed by atoms with Crippen LogP contribution in [0, 0.1) is 49.9 Å². The summed E-state index contributed by atoms with van der Waals surface area (Å²) in [6.45, 7) is 14.3. The molecular formula is C53H93NO12U. The monoisotopic (exact) mass is 1170 g/mol. The van der Waals surface area contributed by atoms with Crippen molar-refractivity contribution in [1.29, 1.82) is 0 Å². The smallest absolute Gasteiger partial charge is 0.542 e. The number of carbonyl (C=O) groups excluding carboxylic acids is 7. The van der Waals surface area contributed by atoms with Gasteiger partial charge in [0.15, 0.2) is 0 Å². The van der Waals surface area contributed by atoms with E-state index in [0.717, 1.165) is 89.9 Å². The van der Waals surface area contributed by atoms with Gasteiger partial charge in [-0.1, -0.05) is 163 Å². The summed E-state index contributed by atoms with van der Waals surface area (Å²) in [4.78, 5) is 86.8. The Morgan fingerprint density at radius 1 is 0.552 bits per heavy atom. The largest absolute Gasteiger partial charge is 2.00 e. The first kappa shape index (κ1) is 66.6. The first-order chi connectivity index (χ1) is 31.9. The molecule has 0 spiro atoms. The fraction of sp³-hybridized carbons (Fsp3) is 0.849. The number of hydrogen-bond donors (Lipinski definition) is 0. The summed E-state index contributed by atoms with van der Waals surface area (Å²) in [5.41, 5.74) is 0. The molecule has 1 heterocycles. The van der Waals surface area contributed by atoms with Crippen LogP contribution in [0.25, 0.3) is 0 Å². The van der Waals surface area contributed by atoms with Gasteiger partial charge >= 0.3 is 61.0 Å². The van der Waals surface area contributed by atoms with Crippen LogP contribution in [0.4, 0.5) is 0 Å². The Labute approximate surface area is 430 Å². The minimum absolute atomic E-state index is 0. The van der Waals surface area contributed by atoms with Crippen molar-refractivity contribution in [2.75, 3.05) is 33.0 Å². The van der Waals surface area contributed by atoms with Gasteiger partial charge in [0, 0.05) is 38.5 Å². The van der Waals surface area contributed by atoms with E-state index in [1.54, 1.807) is 0 Å². The van der Waals surface area contributed by atoms with E-state index in [2.05, 4.69) is 34.6 Å². The van der Waals surface area contributed by atoms with Crippen molar-refractivity contribution in [3.8, 4) is 0 Å². The first-order valence-corrected chi connectivity index (χ1v) is 26.2. The van der Waals surface area contributed by atoms with Gasteiger partial charge < -0.3 is 40.3 Å². The maximum Gasteiger partial charge on any atom is 2.00 e. The molecule has 4 atom stereocenters. The minimum atomic E-state index is -0.641. The molecule has 13 nitrogen and oxygen atoms in total. The van der Waals surface area contributed by atoms with E-state index in [-0.39, 0.29) is 107 Å². The Bertz CT molecular complexity index is 1280. The molecular weight excluding hydrogens is 1080 g/mol. The minimum Gasteiger partial charge on any atom is -0.542 e. The Morgan fingerprint density at radius 3 is 1.51 bits per heavy atom. The number of rotatable bonds is 41. The quantitative estimate of drug-likeness (QED) is 0.0246. The Hall–Kier alpha value is -2.46. The molecule has 67 heavy (non-hydrogen) atoms. The van der Waals surface area contributed by atoms with Gasteiger partial charge in [-0.2, -0.15) is 6.42 Å². The molecule has 0 aliphatic carbocycles. The van der Waals surface area contributed by atoms with Gasteiger partial charge in [0.05, 0.1) is 45.2 Å². The molecule has 0 saturated carbocycles. The fourth-order valence-corrected chi connectivity index (χ4v) is 7.71. The van der Waals surface area contributed by atoms with Crippen molar-refractivity contribution in [3.63, 3.8) is 0 Å². The summed E-state index contributed by atoms with van der Waals surface area (Å²) in [6.07, 6.45) is 28.9. The van der Waals surface area contributed by atoms with Crippen LogP contribution in [0.15, 0.2) is 0 Å². The summed E-state index contributed by atoms with van der Waals surface area (Å²) in [7, 11) is 0. The van der Waals surface area contributed by atoms with Crippen LogP contribution in [0.2, 0.25) is 0 Å². The first-order valence-electron chi connectivity index (χ1n) is 26.2. The Morgan fingerprint density at radius 2 is 1.00 bits per heavy atom. The van der Waals surface area contributed by atoms with Crippen molar-refractivity contribution < 1.29 is 88.4 Å². The normalized spacial score (nSPS) is 15.0. The van der Waals surface area contributed by atoms with Crippen molar-refractivity contribution in [2.45, 2.75) is 246 Å². The third-order valence-electron chi connectivity index (χ3n) is 11.7. The molecule has 4 unspecified atom stereocenters. The molecule has 1 saturated heterocycles. The number of likely N-dealkylation sites (tertiary alicyclic amines) is 1. The number of unbranched alkanes of at least 4 members (excludes halogenated alkanes) is 21. The van der Waals surface area contributed by atoms with Crippen LogP contribution in [-0.2, 0) is 57.2 Å². The molecule has 0 aromatic carbocycles. The summed E-state index contributed by atoms with van der Waals surface area (Å²) in [5, 5.41) is 0. The molecule has 1 aliphatic rings. The van der Waals surface area contributed by atoms with E-state index < -0.39 is 41.9 Å². The summed E-state index contributed by atoms with van der Waals surface area (Å²) >= 11 is 0. The van der Waals surface area contributed by atoms with Gasteiger partial charge in [0.2, 0.25) is 5.91 Å². The second-order valence-corrected chi connectivity index (χ2v) is 18.3. The van der Waals surface area contributed by atoms with Crippen molar-refractivity contribution in [3.05, 3.63) is 6.92 Å². The fourth-order valence-electron chi connectivity index (χ4n) is 7.71. The number of carbonyl (C=O) groups is 6. The molecule has 1 rings (SSSR count). The predicted molar refractivity (Wildman–Crippen MR) is 259 cm³/mol. The Balaban J connectivity index is 0. The molecule has 1 aliphatic heterocycles. The van der Waals surface area contributed by atoms with Gasteiger partial charge in [-0.05, 0) is 19.3 Å². The molecule has 0 aromatic rings. The van der Waals surface area contributed by atoms with Gasteiger partial charge in [-0.3, -0.25) is 35.1 Å². The van der Waals surface area contributed by atoms with E-state index >= 15 is 0 Å². The van der Waals surface area contributed by atoms with Crippen LogP contribution in [0.3, 0.4) is 0 Å². The summed E-state index contributed by atoms with van der Waals surface area (Å²) < 4.78 is 27.5. The predicted octanol–water partition coefficient (Wildman–Crippen LogP) is 11.6. The number of amides is 1. The van der Waals surface area contributed by atoms with E-state index in [0.29, 0.717) is 19.4 Å². The summed E-state index contributed by atoms with van der Waals surface area (Å²) in [6, 6.07) is -0.497. The van der Waals surface area contributed by atoms with Gasteiger partial charge in [-0.15, -0.1) is 5.92 Å². The Kier molecular flexibility index (Phi) is 47.0. The average molecular weight is 1170 g/mol. The number of hydrogen-bond acceptors (Lipinski definition) is 12. The van der Waals surface area contributed by atoms with Crippen LogP contribution >= 0.6 is 0 Å². The van der Waals surface area contributed by atoms with Crippen LogP contribution in [0.1, 0.15) is 234 Å². The number of esters is 5. The number of nitrogens with zero attached hydrogens (tertiary/aromatic N) is 1. The molecule has 1 amide bonds. The molecule has 0 N–H and O–H groups in total. The SMILES string of the molecule is CCCCCCCC[C-]=O.[CH2-]C(COC(=O)CCCCCCCC)CC(=O)OCC1CC(OC(=O)CC(COC(=O)CCCCCCCC)CC(=O)OCCCCCCCC)CN1C(C)=O.[U+2]. The zero-order chi connectivity index (χ0) is 49.0. The van der Waals surface area contributed by atoms with Crippen molar-refractivity contribution in [2.24, 2.45) is 11.8 Å². The van der Waals surface area contributed by atoms with Crippen LogP contribution < -0.4 is 0 Å². The van der Waals surface area contributed by atoms with Gasteiger partial charge in [0.25, 0.3) is 0 Å². The van der Waals surface area contributed by atoms with Crippen molar-refractivity contribution in [1.82, 2.24) is 4.90 Å². The van der Waals surface area contributed by atoms with E-state index in [1.807, 2.05) is 6.29 Å². The molecule has 0 radical (unpaired) electrons. The second kappa shape index (κ2) is 47.2. The standard InChI is InChI=1S/C44H76NO11.C9H17O.U/c1-6-9-12-15-18-21-24-40(47)53-32-35(4)27-42(49)55-34-38-30-39(31-45(38)36(5)46)56-44(51)29-37(28-43(50)52-26-23-20-17-14-11-8-3)33-54-41(48)25-22-19-16-13-10-7-2;1-2-3-4-5-6-7-8-9-10;/h35,37-39H,4,6-34H2,1-3,5H3;2-8H2,1H3;/q2*-1;+2. The second-order valence-electron chi connectivity index (χ2n) is 18.3. The van der Waals surface area contributed by atoms with E-state index in [4.69, 9.17) is 23.7 Å². The number of ether oxygens (including phenoxy) is 5. The zero-order valence-corrected chi connectivity index (χ0v) is 47.0. The summed E-state index contributed by atoms with van der Waals surface area (Å²) in [5.74, 6) is -3.58. The maximum atomic E-state index is 13.2. The zero-order valence-electron chi connectivity index (χ0n) is 42.8. The van der Waals surface area contributed by atoms with Crippen LogP contribution in [-0.4, -0.2) is 92.1 Å². The third kappa shape index (κ3) is 41.1. The van der Waals surface area contributed by atoms with Crippen LogP contribution in [0.5, 0.6) is 0 Å². The maximum absolute atomic E-state index is 13.2. The van der Waals surface area contributed by atoms with Gasteiger partial charge in [-0.25, -0.2) is 0 Å². The topological polar surface area (TPSA) is 169 Å². The van der Waals surface area contributed by atoms with Crippen molar-refractivity contribution >= 4 is 42.0 Å². The van der Waals surface area contributed by atoms with E-state index in [9.17, 15) is 33.6 Å². The molecule has 386 valence electrons. The third-order valence-corrected chi connectivity index (χ3v) is 11.7. The molecule has 0 bridgehead atoms. The van der Waals surface area contributed by atoms with Gasteiger partial charge in [0.1, 0.15) is 12.7 Å².